The van der Waals surface area contributed by atoms with Crippen molar-refractivity contribution in [1.82, 2.24) is 10.2 Å². The number of carbonyl (C=O) groups excluding carboxylic acids is 1. The predicted molar refractivity (Wildman–Crippen MR) is 75.8 cm³/mol. The summed E-state index contributed by atoms with van der Waals surface area (Å²) in [5, 5.41) is 3.19. The molecule has 1 aliphatic carbocycles. The lowest BCUT2D eigenvalue weighted by Crippen LogP contribution is -2.52. The molecule has 19 heavy (non-hydrogen) atoms. The summed E-state index contributed by atoms with van der Waals surface area (Å²) < 4.78 is 0. The normalized spacial score (nSPS) is 19.0. The monoisotopic (exact) mass is 258 g/mol. The van der Waals surface area contributed by atoms with Crippen LogP contribution in [0.4, 0.5) is 0 Å². The summed E-state index contributed by atoms with van der Waals surface area (Å²) in [6.07, 6.45) is 3.43. The van der Waals surface area contributed by atoms with Gasteiger partial charge >= 0.3 is 0 Å². The van der Waals surface area contributed by atoms with Crippen molar-refractivity contribution in [3.63, 3.8) is 0 Å². The highest BCUT2D eigenvalue weighted by atomic mass is 16.2. The van der Waals surface area contributed by atoms with Crippen molar-refractivity contribution < 1.29 is 4.79 Å². The first-order chi connectivity index (χ1) is 9.28. The van der Waals surface area contributed by atoms with Crippen LogP contribution in [0.3, 0.4) is 0 Å². The van der Waals surface area contributed by atoms with E-state index in [-0.39, 0.29) is 5.92 Å². The number of amides is 1. The van der Waals surface area contributed by atoms with Crippen LogP contribution in [0, 0.1) is 5.92 Å². The molecular weight excluding hydrogens is 236 g/mol. The third-order valence-electron chi connectivity index (χ3n) is 4.19. The van der Waals surface area contributed by atoms with Crippen molar-refractivity contribution in [2.45, 2.75) is 38.8 Å². The summed E-state index contributed by atoms with van der Waals surface area (Å²) in [5.41, 5.74) is 2.61. The molecule has 1 aliphatic heterocycles. The lowest BCUT2D eigenvalue weighted by molar-refractivity contribution is -0.138. The van der Waals surface area contributed by atoms with Crippen LogP contribution in [-0.4, -0.2) is 29.9 Å². The van der Waals surface area contributed by atoms with Gasteiger partial charge in [-0.3, -0.25) is 4.79 Å². The predicted octanol–water partition coefficient (Wildman–Crippen LogP) is 1.96. The van der Waals surface area contributed by atoms with Crippen molar-refractivity contribution >= 4 is 5.91 Å². The Morgan fingerprint density at radius 2 is 1.84 bits per heavy atom. The minimum Gasteiger partial charge on any atom is -0.335 e. The van der Waals surface area contributed by atoms with Gasteiger partial charge in [0.15, 0.2) is 0 Å². The molecule has 3 heteroatoms. The Hall–Kier alpha value is -1.35. The fourth-order valence-corrected chi connectivity index (χ4v) is 2.55. The molecule has 2 aliphatic rings. The van der Waals surface area contributed by atoms with Crippen LogP contribution >= 0.6 is 0 Å². The van der Waals surface area contributed by atoms with E-state index in [4.69, 9.17) is 0 Å². The Balaban J connectivity index is 1.68. The van der Waals surface area contributed by atoms with Crippen molar-refractivity contribution in [2.24, 2.45) is 5.92 Å². The molecule has 0 aromatic heterocycles. The quantitative estimate of drug-likeness (QED) is 0.875. The SMILES string of the molecule is CCc1ccc(CN(C(=O)C2CNC2)C2CC2)cc1. The van der Waals surface area contributed by atoms with Crippen LogP contribution in [0.5, 0.6) is 0 Å². The van der Waals surface area contributed by atoms with Gasteiger partial charge < -0.3 is 10.2 Å². The van der Waals surface area contributed by atoms with E-state index in [2.05, 4.69) is 41.4 Å². The molecule has 1 saturated carbocycles. The standard InChI is InChI=1S/C16H22N2O/c1-2-12-3-5-13(6-4-12)11-18(15-7-8-15)16(19)14-9-17-10-14/h3-6,14-15,17H,2,7-11H2,1H3. The van der Waals surface area contributed by atoms with Crippen LogP contribution in [-0.2, 0) is 17.8 Å². The molecule has 1 N–H and O–H groups in total. The number of nitrogens with one attached hydrogen (secondary N) is 1. The highest BCUT2D eigenvalue weighted by Gasteiger charge is 2.37. The maximum atomic E-state index is 12.4. The average molecular weight is 258 g/mol. The Labute approximate surface area is 115 Å². The van der Waals surface area contributed by atoms with Crippen LogP contribution < -0.4 is 5.32 Å². The van der Waals surface area contributed by atoms with Gasteiger partial charge in [0.2, 0.25) is 5.91 Å². The molecule has 102 valence electrons. The summed E-state index contributed by atoms with van der Waals surface area (Å²) >= 11 is 0. The second-order valence-electron chi connectivity index (χ2n) is 5.72. The molecule has 0 spiro atoms. The summed E-state index contributed by atoms with van der Waals surface area (Å²) in [6.45, 7) is 4.66. The highest BCUT2D eigenvalue weighted by molar-refractivity contribution is 5.80. The Bertz CT molecular complexity index is 446. The zero-order chi connectivity index (χ0) is 13.2. The zero-order valence-electron chi connectivity index (χ0n) is 11.6. The van der Waals surface area contributed by atoms with E-state index in [0.717, 1.165) is 26.1 Å². The molecule has 1 aromatic rings. The number of nitrogens with zero attached hydrogens (tertiary/aromatic N) is 1. The molecule has 0 unspecified atom stereocenters. The van der Waals surface area contributed by atoms with Gasteiger partial charge in [0.25, 0.3) is 0 Å². The van der Waals surface area contributed by atoms with Gasteiger partial charge in [0.05, 0.1) is 5.92 Å². The Morgan fingerprint density at radius 3 is 2.32 bits per heavy atom. The molecule has 2 fully saturated rings. The van der Waals surface area contributed by atoms with Gasteiger partial charge in [-0.05, 0) is 30.4 Å². The summed E-state index contributed by atoms with van der Waals surface area (Å²) in [5.74, 6) is 0.566. The molecule has 0 atom stereocenters. The average Bonchev–Trinajstić information content (AvgIpc) is 3.18. The fourth-order valence-electron chi connectivity index (χ4n) is 2.55. The van der Waals surface area contributed by atoms with Crippen LogP contribution in [0.15, 0.2) is 24.3 Å². The van der Waals surface area contributed by atoms with Crippen LogP contribution in [0.2, 0.25) is 0 Å². The molecular formula is C16H22N2O. The van der Waals surface area contributed by atoms with E-state index >= 15 is 0 Å². The van der Waals surface area contributed by atoms with Gasteiger partial charge in [-0.2, -0.15) is 0 Å². The van der Waals surface area contributed by atoms with E-state index in [1.165, 1.54) is 24.0 Å². The lowest BCUT2D eigenvalue weighted by Gasteiger charge is -2.32. The number of carbonyl (C=O) groups is 1. The Morgan fingerprint density at radius 1 is 1.21 bits per heavy atom. The molecule has 0 bridgehead atoms. The molecule has 1 aromatic carbocycles. The summed E-state index contributed by atoms with van der Waals surface area (Å²) in [7, 11) is 0. The number of aryl methyl sites for hydroxylation is 1. The third kappa shape index (κ3) is 2.81. The van der Waals surface area contributed by atoms with Crippen molar-refractivity contribution in [1.29, 1.82) is 0 Å². The van der Waals surface area contributed by atoms with E-state index in [1.54, 1.807) is 0 Å². The third-order valence-corrected chi connectivity index (χ3v) is 4.19. The maximum Gasteiger partial charge on any atom is 0.228 e. The van der Waals surface area contributed by atoms with Gasteiger partial charge in [-0.1, -0.05) is 31.2 Å². The van der Waals surface area contributed by atoms with Gasteiger partial charge in [0.1, 0.15) is 0 Å². The second kappa shape index (κ2) is 5.33. The minimum atomic E-state index is 0.218. The molecule has 0 radical (unpaired) electrons. The van der Waals surface area contributed by atoms with E-state index in [0.29, 0.717) is 11.9 Å². The minimum absolute atomic E-state index is 0.218. The van der Waals surface area contributed by atoms with Gasteiger partial charge in [0, 0.05) is 25.7 Å². The molecule has 3 nitrogen and oxygen atoms in total. The number of hydrogen-bond acceptors (Lipinski definition) is 2. The van der Waals surface area contributed by atoms with E-state index in [9.17, 15) is 4.79 Å². The second-order valence-corrected chi connectivity index (χ2v) is 5.72. The number of benzene rings is 1. The molecule has 1 heterocycles. The highest BCUT2D eigenvalue weighted by Crippen LogP contribution is 2.30. The first-order valence-corrected chi connectivity index (χ1v) is 7.37. The van der Waals surface area contributed by atoms with Crippen molar-refractivity contribution in [2.75, 3.05) is 13.1 Å². The van der Waals surface area contributed by atoms with E-state index in [1.807, 2.05) is 0 Å². The maximum absolute atomic E-state index is 12.4. The van der Waals surface area contributed by atoms with Crippen molar-refractivity contribution in [3.8, 4) is 0 Å². The molecule has 3 rings (SSSR count). The first kappa shape index (κ1) is 12.7. The largest absolute Gasteiger partial charge is 0.335 e. The smallest absolute Gasteiger partial charge is 0.228 e. The summed E-state index contributed by atoms with van der Waals surface area (Å²) in [4.78, 5) is 14.5. The topological polar surface area (TPSA) is 32.3 Å². The Kier molecular flexibility index (Phi) is 3.56. The van der Waals surface area contributed by atoms with Crippen LogP contribution in [0.25, 0.3) is 0 Å². The van der Waals surface area contributed by atoms with Crippen LogP contribution in [0.1, 0.15) is 30.9 Å². The number of hydrogen-bond donors (Lipinski definition) is 1. The van der Waals surface area contributed by atoms with Gasteiger partial charge in [-0.15, -0.1) is 0 Å². The lowest BCUT2D eigenvalue weighted by atomic mass is 10.0. The molecule has 1 saturated heterocycles. The van der Waals surface area contributed by atoms with Crippen molar-refractivity contribution in [3.05, 3.63) is 35.4 Å². The number of rotatable bonds is 5. The van der Waals surface area contributed by atoms with E-state index < -0.39 is 0 Å². The van der Waals surface area contributed by atoms with Gasteiger partial charge in [-0.25, -0.2) is 0 Å². The zero-order valence-corrected chi connectivity index (χ0v) is 11.6. The first-order valence-electron chi connectivity index (χ1n) is 7.37. The summed E-state index contributed by atoms with van der Waals surface area (Å²) in [6, 6.07) is 9.19. The fraction of sp³-hybridized carbons (Fsp3) is 0.562. The molecule has 1 amide bonds.